The lowest BCUT2D eigenvalue weighted by Gasteiger charge is -2.30. The standard InChI is InChI=1S/C9H17NO5S/c1-3-14-9(11)10-6-4-5-8(7-10)15-16(2,12)13/h8H,3-7H2,1-2H3. The lowest BCUT2D eigenvalue weighted by atomic mass is 10.1. The monoisotopic (exact) mass is 251 g/mol. The van der Waals surface area contributed by atoms with Crippen molar-refractivity contribution in [1.82, 2.24) is 4.90 Å². The predicted molar refractivity (Wildman–Crippen MR) is 57.5 cm³/mol. The third kappa shape index (κ3) is 4.36. The number of carbonyl (C=O) groups excluding carboxylic acids is 1. The van der Waals surface area contributed by atoms with Crippen LogP contribution in [0.2, 0.25) is 0 Å². The van der Waals surface area contributed by atoms with Crippen LogP contribution in [-0.2, 0) is 19.0 Å². The summed E-state index contributed by atoms with van der Waals surface area (Å²) in [7, 11) is -3.46. The summed E-state index contributed by atoms with van der Waals surface area (Å²) in [5, 5.41) is 0. The highest BCUT2D eigenvalue weighted by molar-refractivity contribution is 7.86. The van der Waals surface area contributed by atoms with Crippen LogP contribution in [0.15, 0.2) is 0 Å². The van der Waals surface area contributed by atoms with Crippen molar-refractivity contribution in [3.8, 4) is 0 Å². The van der Waals surface area contributed by atoms with Crippen LogP contribution in [0.1, 0.15) is 19.8 Å². The summed E-state index contributed by atoms with van der Waals surface area (Å²) in [6, 6.07) is 0. The van der Waals surface area contributed by atoms with Crippen LogP contribution >= 0.6 is 0 Å². The molecule has 1 fully saturated rings. The number of hydrogen-bond donors (Lipinski definition) is 0. The first-order valence-electron chi connectivity index (χ1n) is 5.22. The van der Waals surface area contributed by atoms with Gasteiger partial charge in [-0.1, -0.05) is 0 Å². The van der Waals surface area contributed by atoms with E-state index >= 15 is 0 Å². The van der Waals surface area contributed by atoms with E-state index in [9.17, 15) is 13.2 Å². The fraction of sp³-hybridized carbons (Fsp3) is 0.889. The molecule has 1 rings (SSSR count). The van der Waals surface area contributed by atoms with E-state index in [4.69, 9.17) is 8.92 Å². The van der Waals surface area contributed by atoms with Crippen molar-refractivity contribution in [1.29, 1.82) is 0 Å². The van der Waals surface area contributed by atoms with Crippen LogP contribution in [0.4, 0.5) is 4.79 Å². The van der Waals surface area contributed by atoms with Gasteiger partial charge in [0.15, 0.2) is 0 Å². The van der Waals surface area contributed by atoms with Crippen molar-refractivity contribution < 1.29 is 22.1 Å². The first-order valence-corrected chi connectivity index (χ1v) is 7.04. The van der Waals surface area contributed by atoms with E-state index in [2.05, 4.69) is 0 Å². The molecular weight excluding hydrogens is 234 g/mol. The molecule has 7 heteroatoms. The fourth-order valence-electron chi connectivity index (χ4n) is 1.64. The minimum absolute atomic E-state index is 0.270. The minimum Gasteiger partial charge on any atom is -0.450 e. The van der Waals surface area contributed by atoms with Crippen molar-refractivity contribution in [2.45, 2.75) is 25.9 Å². The second kappa shape index (κ2) is 5.49. The third-order valence-electron chi connectivity index (χ3n) is 2.22. The first kappa shape index (κ1) is 13.2. The highest BCUT2D eigenvalue weighted by Crippen LogP contribution is 2.15. The molecule has 16 heavy (non-hydrogen) atoms. The van der Waals surface area contributed by atoms with Crippen LogP contribution in [0.5, 0.6) is 0 Å². The molecule has 0 aliphatic carbocycles. The molecular formula is C9H17NO5S. The smallest absolute Gasteiger partial charge is 0.409 e. The molecule has 1 heterocycles. The fourth-order valence-corrected chi connectivity index (χ4v) is 2.30. The molecule has 0 aromatic heterocycles. The Balaban J connectivity index is 2.50. The van der Waals surface area contributed by atoms with Crippen LogP contribution in [0.3, 0.4) is 0 Å². The van der Waals surface area contributed by atoms with E-state index in [0.29, 0.717) is 19.6 Å². The number of nitrogens with zero attached hydrogens (tertiary/aromatic N) is 1. The Labute approximate surface area is 95.6 Å². The summed E-state index contributed by atoms with van der Waals surface area (Å²) in [5.41, 5.74) is 0. The van der Waals surface area contributed by atoms with E-state index in [1.54, 1.807) is 6.92 Å². The van der Waals surface area contributed by atoms with Gasteiger partial charge in [0.05, 0.1) is 25.5 Å². The number of ether oxygens (including phenoxy) is 1. The zero-order chi connectivity index (χ0) is 12.2. The van der Waals surface area contributed by atoms with Gasteiger partial charge < -0.3 is 9.64 Å². The Hall–Kier alpha value is -0.820. The Bertz CT molecular complexity index is 340. The van der Waals surface area contributed by atoms with Gasteiger partial charge in [-0.25, -0.2) is 4.79 Å². The van der Waals surface area contributed by atoms with Gasteiger partial charge in [-0.05, 0) is 19.8 Å². The lowest BCUT2D eigenvalue weighted by Crippen LogP contribution is -2.44. The highest BCUT2D eigenvalue weighted by atomic mass is 32.2. The number of rotatable bonds is 3. The quantitative estimate of drug-likeness (QED) is 0.686. The molecule has 6 nitrogen and oxygen atoms in total. The van der Waals surface area contributed by atoms with Gasteiger partial charge >= 0.3 is 6.09 Å². The van der Waals surface area contributed by atoms with Gasteiger partial charge in [0.1, 0.15) is 0 Å². The Kier molecular flexibility index (Phi) is 4.55. The van der Waals surface area contributed by atoms with Crippen molar-refractivity contribution in [2.24, 2.45) is 0 Å². The molecule has 94 valence electrons. The second-order valence-corrected chi connectivity index (χ2v) is 5.31. The largest absolute Gasteiger partial charge is 0.450 e. The Morgan fingerprint density at radius 2 is 2.19 bits per heavy atom. The molecule has 0 bridgehead atoms. The number of likely N-dealkylation sites (tertiary alicyclic amines) is 1. The molecule has 0 N–H and O–H groups in total. The summed E-state index contributed by atoms with van der Waals surface area (Å²) in [6.07, 6.45) is 1.51. The predicted octanol–water partition coefficient (Wildman–Crippen LogP) is 0.584. The van der Waals surface area contributed by atoms with Gasteiger partial charge in [0, 0.05) is 6.54 Å². The van der Waals surface area contributed by atoms with Crippen LogP contribution in [0.25, 0.3) is 0 Å². The average molecular weight is 251 g/mol. The van der Waals surface area contributed by atoms with Crippen molar-refractivity contribution >= 4 is 16.2 Å². The highest BCUT2D eigenvalue weighted by Gasteiger charge is 2.27. The molecule has 1 aliphatic rings. The summed E-state index contributed by atoms with van der Waals surface area (Å²) in [5.74, 6) is 0. The average Bonchev–Trinajstić information content (AvgIpc) is 2.16. The Morgan fingerprint density at radius 1 is 1.50 bits per heavy atom. The number of amides is 1. The molecule has 0 aromatic rings. The first-order chi connectivity index (χ1) is 7.42. The maximum absolute atomic E-state index is 11.4. The molecule has 1 unspecified atom stereocenters. The maximum atomic E-state index is 11.4. The van der Waals surface area contributed by atoms with E-state index in [0.717, 1.165) is 12.7 Å². The van der Waals surface area contributed by atoms with Crippen molar-refractivity contribution in [3.05, 3.63) is 0 Å². The van der Waals surface area contributed by atoms with Gasteiger partial charge in [-0.2, -0.15) is 8.42 Å². The van der Waals surface area contributed by atoms with Gasteiger partial charge in [-0.15, -0.1) is 0 Å². The molecule has 1 saturated heterocycles. The summed E-state index contributed by atoms with van der Waals surface area (Å²) in [6.45, 7) is 2.90. The molecule has 0 aromatic carbocycles. The van der Waals surface area contributed by atoms with Gasteiger partial charge in [0.2, 0.25) is 0 Å². The topological polar surface area (TPSA) is 72.9 Å². The van der Waals surface area contributed by atoms with Gasteiger partial charge in [0.25, 0.3) is 10.1 Å². The van der Waals surface area contributed by atoms with E-state index in [-0.39, 0.29) is 6.54 Å². The minimum atomic E-state index is -3.46. The lowest BCUT2D eigenvalue weighted by molar-refractivity contribution is 0.0637. The SMILES string of the molecule is CCOC(=O)N1CCCC(OS(C)(=O)=O)C1. The maximum Gasteiger partial charge on any atom is 0.409 e. The third-order valence-corrected chi connectivity index (χ3v) is 2.84. The summed E-state index contributed by atoms with van der Waals surface area (Å²) < 4.78 is 31.6. The van der Waals surface area contributed by atoms with Crippen LogP contribution in [-0.4, -0.2) is 51.5 Å². The van der Waals surface area contributed by atoms with Gasteiger partial charge in [-0.3, -0.25) is 4.18 Å². The van der Waals surface area contributed by atoms with E-state index in [1.165, 1.54) is 4.90 Å². The molecule has 0 saturated carbocycles. The molecule has 0 spiro atoms. The normalized spacial score (nSPS) is 21.9. The zero-order valence-corrected chi connectivity index (χ0v) is 10.3. The number of carbonyl (C=O) groups is 1. The molecule has 1 amide bonds. The second-order valence-electron chi connectivity index (χ2n) is 3.71. The zero-order valence-electron chi connectivity index (χ0n) is 9.51. The summed E-state index contributed by atoms with van der Waals surface area (Å²) >= 11 is 0. The van der Waals surface area contributed by atoms with E-state index in [1.807, 2.05) is 0 Å². The van der Waals surface area contributed by atoms with Crippen LogP contribution < -0.4 is 0 Å². The van der Waals surface area contributed by atoms with Crippen molar-refractivity contribution in [2.75, 3.05) is 26.0 Å². The van der Waals surface area contributed by atoms with E-state index < -0.39 is 22.3 Å². The number of piperidine rings is 1. The Morgan fingerprint density at radius 3 is 2.75 bits per heavy atom. The molecule has 1 aliphatic heterocycles. The molecule has 0 radical (unpaired) electrons. The van der Waals surface area contributed by atoms with Crippen LogP contribution in [0, 0.1) is 0 Å². The van der Waals surface area contributed by atoms with Crippen molar-refractivity contribution in [3.63, 3.8) is 0 Å². The summed E-state index contributed by atoms with van der Waals surface area (Å²) in [4.78, 5) is 12.9. The molecule has 1 atom stereocenters. The number of hydrogen-bond acceptors (Lipinski definition) is 5.